The van der Waals surface area contributed by atoms with E-state index in [4.69, 9.17) is 10.00 Å². The van der Waals surface area contributed by atoms with Gasteiger partial charge in [0.1, 0.15) is 12.4 Å². The number of ether oxygens (including phenoxy) is 1. The smallest absolute Gasteiger partial charge is 0.163 e. The fraction of sp³-hybridized carbons (Fsp3) is 0.467. The fourth-order valence-corrected chi connectivity index (χ4v) is 1.69. The van der Waals surface area contributed by atoms with Crippen molar-refractivity contribution in [1.29, 1.82) is 5.26 Å². The van der Waals surface area contributed by atoms with Crippen LogP contribution in [0.3, 0.4) is 0 Å². The van der Waals surface area contributed by atoms with Crippen LogP contribution in [-0.2, 0) is 0 Å². The number of carbonyl (C=O) groups is 1. The zero-order valence-corrected chi connectivity index (χ0v) is 11.7. The molecule has 102 valence electrons. The summed E-state index contributed by atoms with van der Waals surface area (Å²) in [7, 11) is 1.96. The van der Waals surface area contributed by atoms with Gasteiger partial charge in [-0.25, -0.2) is 0 Å². The molecule has 0 aliphatic rings. The Morgan fingerprint density at radius 3 is 2.79 bits per heavy atom. The second kappa shape index (κ2) is 7.55. The predicted octanol–water partition coefficient (Wildman–Crippen LogP) is 2.50. The summed E-state index contributed by atoms with van der Waals surface area (Å²) in [4.78, 5) is 13.5. The monoisotopic (exact) mass is 260 g/mol. The van der Waals surface area contributed by atoms with Crippen molar-refractivity contribution in [3.05, 3.63) is 29.8 Å². The average Bonchev–Trinajstić information content (AvgIpc) is 2.39. The number of nitriles is 1. The molecule has 0 aromatic heterocycles. The Morgan fingerprint density at radius 1 is 1.47 bits per heavy atom. The van der Waals surface area contributed by atoms with E-state index in [1.54, 1.807) is 12.1 Å². The summed E-state index contributed by atoms with van der Waals surface area (Å²) >= 11 is 0. The summed E-state index contributed by atoms with van der Waals surface area (Å²) in [5.41, 5.74) is 0.607. The minimum atomic E-state index is 0.00167. The number of rotatable bonds is 7. The van der Waals surface area contributed by atoms with E-state index < -0.39 is 0 Å². The van der Waals surface area contributed by atoms with Crippen molar-refractivity contribution in [2.24, 2.45) is 0 Å². The van der Waals surface area contributed by atoms with Crippen LogP contribution in [0.1, 0.15) is 30.6 Å². The Balaban J connectivity index is 2.50. The van der Waals surface area contributed by atoms with Crippen LogP contribution in [0.15, 0.2) is 24.3 Å². The van der Waals surface area contributed by atoms with E-state index in [0.29, 0.717) is 24.3 Å². The third kappa shape index (κ3) is 4.72. The molecule has 1 aromatic carbocycles. The van der Waals surface area contributed by atoms with Gasteiger partial charge >= 0.3 is 0 Å². The molecule has 0 aliphatic heterocycles. The number of benzene rings is 1. The van der Waals surface area contributed by atoms with Crippen molar-refractivity contribution in [2.45, 2.75) is 26.3 Å². The van der Waals surface area contributed by atoms with Crippen LogP contribution < -0.4 is 4.74 Å². The van der Waals surface area contributed by atoms with Crippen molar-refractivity contribution in [3.8, 4) is 11.8 Å². The quantitative estimate of drug-likeness (QED) is 0.707. The van der Waals surface area contributed by atoms with E-state index in [-0.39, 0.29) is 11.8 Å². The molecular weight excluding hydrogens is 240 g/mol. The van der Waals surface area contributed by atoms with Crippen molar-refractivity contribution >= 4 is 5.78 Å². The topological polar surface area (TPSA) is 53.3 Å². The van der Waals surface area contributed by atoms with E-state index in [9.17, 15) is 4.79 Å². The maximum atomic E-state index is 11.4. The SMILES string of the molecule is CC(=O)c1ccccc1OCCN(C)C(C)CC#N. The van der Waals surface area contributed by atoms with E-state index in [1.165, 1.54) is 6.92 Å². The van der Waals surface area contributed by atoms with Crippen LogP contribution in [0, 0.1) is 11.3 Å². The van der Waals surface area contributed by atoms with Crippen molar-refractivity contribution in [1.82, 2.24) is 4.90 Å². The lowest BCUT2D eigenvalue weighted by Gasteiger charge is -2.22. The van der Waals surface area contributed by atoms with Gasteiger partial charge in [0.2, 0.25) is 0 Å². The van der Waals surface area contributed by atoms with Crippen LogP contribution >= 0.6 is 0 Å². The Morgan fingerprint density at radius 2 is 2.16 bits per heavy atom. The number of nitrogens with zero attached hydrogens (tertiary/aromatic N) is 2. The van der Waals surface area contributed by atoms with Gasteiger partial charge in [-0.05, 0) is 33.0 Å². The summed E-state index contributed by atoms with van der Waals surface area (Å²) in [5.74, 6) is 0.623. The molecule has 1 atom stereocenters. The molecule has 1 aromatic rings. The normalized spacial score (nSPS) is 11.9. The predicted molar refractivity (Wildman–Crippen MR) is 74.3 cm³/mol. The fourth-order valence-electron chi connectivity index (χ4n) is 1.69. The first-order valence-corrected chi connectivity index (χ1v) is 6.36. The van der Waals surface area contributed by atoms with Crippen LogP contribution in [0.2, 0.25) is 0 Å². The van der Waals surface area contributed by atoms with Gasteiger partial charge in [-0.1, -0.05) is 12.1 Å². The van der Waals surface area contributed by atoms with E-state index in [2.05, 4.69) is 11.0 Å². The Labute approximate surface area is 114 Å². The first kappa shape index (κ1) is 15.2. The number of Topliss-reactive ketones (excluding diaryl/α,β-unsaturated/α-hetero) is 1. The molecule has 0 radical (unpaired) electrons. The molecule has 0 heterocycles. The van der Waals surface area contributed by atoms with Crippen molar-refractivity contribution in [2.75, 3.05) is 20.2 Å². The number of hydrogen-bond donors (Lipinski definition) is 0. The second-order valence-corrected chi connectivity index (χ2v) is 4.59. The number of ketones is 1. The lowest BCUT2D eigenvalue weighted by molar-refractivity contribution is 0.101. The summed E-state index contributed by atoms with van der Waals surface area (Å²) in [6, 6.07) is 9.60. The Hall–Kier alpha value is -1.86. The van der Waals surface area contributed by atoms with Gasteiger partial charge in [-0.3, -0.25) is 9.69 Å². The summed E-state index contributed by atoms with van der Waals surface area (Å²) in [6.07, 6.45) is 0.501. The molecule has 0 spiro atoms. The van der Waals surface area contributed by atoms with Gasteiger partial charge in [0.25, 0.3) is 0 Å². The largest absolute Gasteiger partial charge is 0.491 e. The van der Waals surface area contributed by atoms with Gasteiger partial charge in [0, 0.05) is 12.6 Å². The molecule has 0 N–H and O–H groups in total. The number of carbonyl (C=O) groups excluding carboxylic acids is 1. The molecule has 0 saturated carbocycles. The highest BCUT2D eigenvalue weighted by Gasteiger charge is 2.10. The summed E-state index contributed by atoms with van der Waals surface area (Å²) < 4.78 is 5.65. The maximum absolute atomic E-state index is 11.4. The van der Waals surface area contributed by atoms with Gasteiger partial charge in [-0.2, -0.15) is 5.26 Å². The summed E-state index contributed by atoms with van der Waals surface area (Å²) in [5, 5.41) is 8.64. The Bertz CT molecular complexity index is 465. The molecule has 0 saturated heterocycles. The second-order valence-electron chi connectivity index (χ2n) is 4.59. The van der Waals surface area contributed by atoms with Crippen molar-refractivity contribution < 1.29 is 9.53 Å². The average molecular weight is 260 g/mol. The molecule has 1 unspecified atom stereocenters. The van der Waals surface area contributed by atoms with Crippen LogP contribution in [0.4, 0.5) is 0 Å². The summed E-state index contributed by atoms with van der Waals surface area (Å²) in [6.45, 7) is 4.75. The first-order chi connectivity index (χ1) is 9.06. The highest BCUT2D eigenvalue weighted by Crippen LogP contribution is 2.18. The van der Waals surface area contributed by atoms with E-state index in [1.807, 2.05) is 26.1 Å². The van der Waals surface area contributed by atoms with Crippen LogP contribution in [-0.4, -0.2) is 36.9 Å². The van der Waals surface area contributed by atoms with Gasteiger partial charge in [0.15, 0.2) is 5.78 Å². The van der Waals surface area contributed by atoms with Gasteiger partial charge in [0.05, 0.1) is 18.1 Å². The van der Waals surface area contributed by atoms with E-state index >= 15 is 0 Å². The lowest BCUT2D eigenvalue weighted by Crippen LogP contribution is -2.32. The first-order valence-electron chi connectivity index (χ1n) is 6.36. The zero-order chi connectivity index (χ0) is 14.3. The van der Waals surface area contributed by atoms with Crippen molar-refractivity contribution in [3.63, 3.8) is 0 Å². The van der Waals surface area contributed by atoms with Gasteiger partial charge < -0.3 is 4.74 Å². The minimum absolute atomic E-state index is 0.00167. The molecule has 0 bridgehead atoms. The molecule has 4 nitrogen and oxygen atoms in total. The van der Waals surface area contributed by atoms with Crippen LogP contribution in [0.25, 0.3) is 0 Å². The lowest BCUT2D eigenvalue weighted by atomic mass is 10.1. The number of para-hydroxylation sites is 1. The van der Waals surface area contributed by atoms with Crippen LogP contribution in [0.5, 0.6) is 5.75 Å². The molecular formula is C15H20N2O2. The zero-order valence-electron chi connectivity index (χ0n) is 11.7. The number of likely N-dealkylation sites (N-methyl/N-ethyl adjacent to an activating group) is 1. The third-order valence-corrected chi connectivity index (χ3v) is 3.11. The highest BCUT2D eigenvalue weighted by molar-refractivity contribution is 5.96. The molecule has 0 amide bonds. The maximum Gasteiger partial charge on any atom is 0.163 e. The highest BCUT2D eigenvalue weighted by atomic mass is 16.5. The molecule has 1 rings (SSSR count). The number of hydrogen-bond acceptors (Lipinski definition) is 4. The van der Waals surface area contributed by atoms with E-state index in [0.717, 1.165) is 6.54 Å². The minimum Gasteiger partial charge on any atom is -0.491 e. The molecule has 0 aliphatic carbocycles. The standard InChI is InChI=1S/C15H20N2O2/c1-12(8-9-16)17(3)10-11-19-15-7-5-4-6-14(15)13(2)18/h4-7,12H,8,10-11H2,1-3H3. The molecule has 0 fully saturated rings. The third-order valence-electron chi connectivity index (χ3n) is 3.11. The molecule has 4 heteroatoms. The van der Waals surface area contributed by atoms with Gasteiger partial charge in [-0.15, -0.1) is 0 Å². The molecule has 19 heavy (non-hydrogen) atoms. The Kier molecular flexibility index (Phi) is 6.04.